The van der Waals surface area contributed by atoms with Crippen molar-refractivity contribution in [1.29, 1.82) is 0 Å². The fourth-order valence-electron chi connectivity index (χ4n) is 8.80. The Kier molecular flexibility index (Phi) is 57.2. The summed E-state index contributed by atoms with van der Waals surface area (Å²) in [4.78, 5) is 38.2. The first-order chi connectivity index (χ1) is 35.0. The lowest BCUT2D eigenvalue weighted by atomic mass is 10.1. The van der Waals surface area contributed by atoms with Crippen LogP contribution in [0, 0.1) is 0 Å². The van der Waals surface area contributed by atoms with Crippen LogP contribution in [0.2, 0.25) is 0 Å². The summed E-state index contributed by atoms with van der Waals surface area (Å²) in [7, 11) is 0. The number of ether oxygens (including phenoxy) is 3. The Morgan fingerprint density at radius 2 is 0.521 bits per heavy atom. The van der Waals surface area contributed by atoms with E-state index in [-0.39, 0.29) is 37.5 Å². The van der Waals surface area contributed by atoms with Crippen LogP contribution in [0.4, 0.5) is 0 Å². The number of hydrogen-bond donors (Lipinski definition) is 0. The molecule has 0 aromatic heterocycles. The van der Waals surface area contributed by atoms with Gasteiger partial charge in [-0.05, 0) is 103 Å². The predicted molar refractivity (Wildman–Crippen MR) is 307 cm³/mol. The lowest BCUT2D eigenvalue weighted by Crippen LogP contribution is -2.30. The SMILES string of the molecule is CCCCCCCC/C=C\C/C=C\C/C=C\CCCC(=O)O[C@@H](COC(=O)CCCCCCCCC/C=C\CCCCCCCC)COC(=O)CCCCCCCCCCC/C=C\CCCCCCCC. The van der Waals surface area contributed by atoms with E-state index in [0.717, 1.165) is 57.8 Å². The molecule has 0 saturated carbocycles. The van der Waals surface area contributed by atoms with Gasteiger partial charge in [0, 0.05) is 19.3 Å². The van der Waals surface area contributed by atoms with E-state index in [2.05, 4.69) is 81.5 Å². The molecule has 0 aliphatic carbocycles. The maximum atomic E-state index is 12.9. The maximum Gasteiger partial charge on any atom is 0.306 e. The van der Waals surface area contributed by atoms with Crippen molar-refractivity contribution in [3.05, 3.63) is 60.8 Å². The third-order valence-corrected chi connectivity index (χ3v) is 13.5. The summed E-state index contributed by atoms with van der Waals surface area (Å²) in [5.74, 6) is -0.940. The van der Waals surface area contributed by atoms with Crippen LogP contribution in [0.15, 0.2) is 60.8 Å². The second-order valence-corrected chi connectivity index (χ2v) is 20.6. The summed E-state index contributed by atoms with van der Waals surface area (Å²) in [5.41, 5.74) is 0. The van der Waals surface area contributed by atoms with Crippen LogP contribution >= 0.6 is 0 Å². The van der Waals surface area contributed by atoms with Gasteiger partial charge in [-0.2, -0.15) is 0 Å². The van der Waals surface area contributed by atoms with E-state index in [9.17, 15) is 14.4 Å². The van der Waals surface area contributed by atoms with Crippen molar-refractivity contribution >= 4 is 17.9 Å². The van der Waals surface area contributed by atoms with Crippen LogP contribution in [0.3, 0.4) is 0 Å². The van der Waals surface area contributed by atoms with E-state index in [1.807, 2.05) is 0 Å². The van der Waals surface area contributed by atoms with E-state index in [4.69, 9.17) is 14.2 Å². The van der Waals surface area contributed by atoms with Gasteiger partial charge < -0.3 is 14.2 Å². The van der Waals surface area contributed by atoms with Gasteiger partial charge in [-0.15, -0.1) is 0 Å². The average molecular weight is 994 g/mol. The molecule has 0 saturated heterocycles. The van der Waals surface area contributed by atoms with Gasteiger partial charge >= 0.3 is 17.9 Å². The quantitative estimate of drug-likeness (QED) is 0.0261. The van der Waals surface area contributed by atoms with E-state index < -0.39 is 6.10 Å². The van der Waals surface area contributed by atoms with Crippen molar-refractivity contribution in [2.75, 3.05) is 13.2 Å². The zero-order chi connectivity index (χ0) is 51.4. The van der Waals surface area contributed by atoms with Crippen LogP contribution in [-0.4, -0.2) is 37.2 Å². The van der Waals surface area contributed by atoms with Crippen molar-refractivity contribution in [1.82, 2.24) is 0 Å². The van der Waals surface area contributed by atoms with Gasteiger partial charge in [0.05, 0.1) is 0 Å². The largest absolute Gasteiger partial charge is 0.462 e. The Morgan fingerprint density at radius 1 is 0.282 bits per heavy atom. The zero-order valence-electron chi connectivity index (χ0n) is 47.2. The molecule has 0 heterocycles. The highest BCUT2D eigenvalue weighted by Crippen LogP contribution is 2.15. The van der Waals surface area contributed by atoms with Gasteiger partial charge in [-0.25, -0.2) is 0 Å². The van der Waals surface area contributed by atoms with Crippen molar-refractivity contribution < 1.29 is 28.6 Å². The van der Waals surface area contributed by atoms with Crippen molar-refractivity contribution in [3.63, 3.8) is 0 Å². The highest BCUT2D eigenvalue weighted by atomic mass is 16.6. The topological polar surface area (TPSA) is 78.9 Å². The molecule has 0 aromatic rings. The Bertz CT molecular complexity index is 1280. The highest BCUT2D eigenvalue weighted by molar-refractivity contribution is 5.71. The zero-order valence-corrected chi connectivity index (χ0v) is 47.2. The van der Waals surface area contributed by atoms with Gasteiger partial charge in [0.25, 0.3) is 0 Å². The maximum absolute atomic E-state index is 12.9. The molecule has 0 aliphatic heterocycles. The van der Waals surface area contributed by atoms with Gasteiger partial charge in [0.1, 0.15) is 13.2 Å². The van der Waals surface area contributed by atoms with E-state index in [0.29, 0.717) is 19.3 Å². The third kappa shape index (κ3) is 57.9. The lowest BCUT2D eigenvalue weighted by Gasteiger charge is -2.18. The molecule has 0 aromatic carbocycles. The van der Waals surface area contributed by atoms with E-state index >= 15 is 0 Å². The van der Waals surface area contributed by atoms with Crippen molar-refractivity contribution in [2.24, 2.45) is 0 Å². The number of carbonyl (C=O) groups excluding carboxylic acids is 3. The predicted octanol–water partition coefficient (Wildman–Crippen LogP) is 20.8. The van der Waals surface area contributed by atoms with Crippen LogP contribution in [0.25, 0.3) is 0 Å². The molecule has 0 spiro atoms. The molecular weight excluding hydrogens is 877 g/mol. The molecule has 6 heteroatoms. The van der Waals surface area contributed by atoms with Gasteiger partial charge in [0.2, 0.25) is 0 Å². The minimum atomic E-state index is -0.803. The molecule has 0 amide bonds. The molecule has 0 bridgehead atoms. The number of esters is 3. The third-order valence-electron chi connectivity index (χ3n) is 13.5. The normalized spacial score (nSPS) is 12.4. The molecule has 412 valence electrons. The molecule has 0 N–H and O–H groups in total. The summed E-state index contributed by atoms with van der Waals surface area (Å²) >= 11 is 0. The summed E-state index contributed by atoms with van der Waals surface area (Å²) in [5, 5.41) is 0. The number of carbonyl (C=O) groups is 3. The second-order valence-electron chi connectivity index (χ2n) is 20.6. The van der Waals surface area contributed by atoms with E-state index in [1.54, 1.807) is 0 Å². The number of allylic oxidation sites excluding steroid dienone is 10. The summed E-state index contributed by atoms with van der Waals surface area (Å²) in [6, 6.07) is 0. The van der Waals surface area contributed by atoms with Crippen LogP contribution in [0.5, 0.6) is 0 Å². The highest BCUT2D eigenvalue weighted by Gasteiger charge is 2.19. The molecule has 71 heavy (non-hydrogen) atoms. The lowest BCUT2D eigenvalue weighted by molar-refractivity contribution is -0.167. The fraction of sp³-hybridized carbons (Fsp3) is 0.800. The Hall–Kier alpha value is -2.89. The minimum absolute atomic E-state index is 0.0951. The van der Waals surface area contributed by atoms with Crippen LogP contribution < -0.4 is 0 Å². The first kappa shape index (κ1) is 68.1. The molecule has 0 aliphatic rings. The number of rotatable bonds is 56. The minimum Gasteiger partial charge on any atom is -0.462 e. The molecule has 0 fully saturated rings. The first-order valence-corrected chi connectivity index (χ1v) is 30.8. The smallest absolute Gasteiger partial charge is 0.306 e. The van der Waals surface area contributed by atoms with Gasteiger partial charge in [-0.1, -0.05) is 255 Å². The van der Waals surface area contributed by atoms with Crippen LogP contribution in [-0.2, 0) is 28.6 Å². The Labute approximate surface area is 440 Å². The summed E-state index contributed by atoms with van der Waals surface area (Å²) < 4.78 is 16.9. The molecule has 0 unspecified atom stereocenters. The number of unbranched alkanes of at least 4 members (excludes halogenated alkanes) is 35. The van der Waals surface area contributed by atoms with Gasteiger partial charge in [0.15, 0.2) is 6.10 Å². The average Bonchev–Trinajstić information content (AvgIpc) is 3.37. The molecule has 0 rings (SSSR count). The van der Waals surface area contributed by atoms with Crippen molar-refractivity contribution in [3.8, 4) is 0 Å². The Morgan fingerprint density at radius 3 is 0.845 bits per heavy atom. The molecule has 6 nitrogen and oxygen atoms in total. The fourth-order valence-corrected chi connectivity index (χ4v) is 8.80. The van der Waals surface area contributed by atoms with Crippen molar-refractivity contribution in [2.45, 2.75) is 322 Å². The Balaban J connectivity index is 4.43. The van der Waals surface area contributed by atoms with Crippen LogP contribution in [0.1, 0.15) is 316 Å². The standard InChI is InChI=1S/C65H116O6/c1-4-7-10-13-16-19-22-25-28-31-32-35-37-40-43-46-49-52-55-58-64(67)70-61-62(71-65(68)59-56-53-50-47-44-41-38-34-30-27-24-21-18-15-12-9-6-3)60-69-63(66)57-54-51-48-45-42-39-36-33-29-26-23-20-17-14-11-8-5-2/h25-30,38,41,47,50,62H,4-24,31-37,39-40,42-46,48-49,51-61H2,1-3H3/b28-25-,29-26-,30-27-,41-38-,50-47-/t62-/m0/s1. The molecule has 1 atom stereocenters. The molecular formula is C65H116O6. The molecule has 0 radical (unpaired) electrons. The number of hydrogen-bond acceptors (Lipinski definition) is 6. The monoisotopic (exact) mass is 993 g/mol. The first-order valence-electron chi connectivity index (χ1n) is 30.8. The van der Waals surface area contributed by atoms with Gasteiger partial charge in [-0.3, -0.25) is 14.4 Å². The summed E-state index contributed by atoms with van der Waals surface area (Å²) in [6.45, 7) is 6.61. The summed E-state index contributed by atoms with van der Waals surface area (Å²) in [6.07, 6.45) is 75.1. The van der Waals surface area contributed by atoms with E-state index in [1.165, 1.54) is 212 Å². The second kappa shape index (κ2) is 59.7.